The summed E-state index contributed by atoms with van der Waals surface area (Å²) in [6, 6.07) is 54.5. The second-order valence-corrected chi connectivity index (χ2v) is 9.34. The molecule has 6 aromatic carbocycles. The van der Waals surface area contributed by atoms with Crippen molar-refractivity contribution in [2.45, 2.75) is 0 Å². The van der Waals surface area contributed by atoms with Gasteiger partial charge in [0.1, 0.15) is 0 Å². The maximum absolute atomic E-state index is 2.38. The van der Waals surface area contributed by atoms with E-state index >= 15 is 0 Å². The Balaban J connectivity index is 1.62. The molecule has 0 atom stereocenters. The molecule has 1 aliphatic rings. The van der Waals surface area contributed by atoms with Crippen LogP contribution in [0.25, 0.3) is 44.5 Å². The van der Waals surface area contributed by atoms with E-state index in [1.54, 1.807) is 0 Å². The molecular formula is C36H25N. The van der Waals surface area contributed by atoms with Crippen LogP contribution in [0.5, 0.6) is 0 Å². The van der Waals surface area contributed by atoms with Crippen LogP contribution in [-0.2, 0) is 0 Å². The zero-order valence-corrected chi connectivity index (χ0v) is 20.4. The predicted octanol–water partition coefficient (Wildman–Crippen LogP) is 10.1. The third-order valence-corrected chi connectivity index (χ3v) is 7.23. The van der Waals surface area contributed by atoms with Crippen molar-refractivity contribution in [1.29, 1.82) is 0 Å². The third kappa shape index (κ3) is 3.56. The van der Waals surface area contributed by atoms with Crippen LogP contribution in [0, 0.1) is 0 Å². The Morgan fingerprint density at radius 2 is 0.622 bits per heavy atom. The topological polar surface area (TPSA) is 3.24 Å². The minimum atomic E-state index is 1.13. The lowest BCUT2D eigenvalue weighted by molar-refractivity contribution is 1.28. The zero-order valence-electron chi connectivity index (χ0n) is 20.4. The van der Waals surface area contributed by atoms with Crippen molar-refractivity contribution in [2.75, 3.05) is 4.90 Å². The Bertz CT molecular complexity index is 1670. The maximum Gasteiger partial charge on any atom is 0.0546 e. The first-order valence-corrected chi connectivity index (χ1v) is 12.7. The lowest BCUT2D eigenvalue weighted by Crippen LogP contribution is -2.12. The molecule has 0 saturated heterocycles. The second kappa shape index (κ2) is 8.96. The van der Waals surface area contributed by atoms with Crippen molar-refractivity contribution in [3.05, 3.63) is 152 Å². The van der Waals surface area contributed by atoms with Crippen LogP contribution in [-0.4, -0.2) is 0 Å². The molecule has 174 valence electrons. The molecule has 0 radical (unpaired) electrons. The highest BCUT2D eigenvalue weighted by Crippen LogP contribution is 2.52. The Morgan fingerprint density at radius 1 is 0.270 bits per heavy atom. The summed E-state index contributed by atoms with van der Waals surface area (Å²) in [5.41, 5.74) is 13.5. The van der Waals surface area contributed by atoms with Gasteiger partial charge in [0, 0.05) is 16.9 Å². The quantitative estimate of drug-likeness (QED) is 0.248. The molecule has 6 aromatic rings. The number of hydrogen-bond donors (Lipinski definition) is 0. The summed E-state index contributed by atoms with van der Waals surface area (Å²) in [5.74, 6) is 0. The number of para-hydroxylation sites is 2. The van der Waals surface area contributed by atoms with Crippen LogP contribution in [0.3, 0.4) is 0 Å². The highest BCUT2D eigenvalue weighted by atomic mass is 15.1. The molecule has 0 aliphatic heterocycles. The number of nitrogens with zero attached hydrogens (tertiary/aromatic N) is 1. The third-order valence-electron chi connectivity index (χ3n) is 7.23. The molecule has 37 heavy (non-hydrogen) atoms. The van der Waals surface area contributed by atoms with Crippen molar-refractivity contribution in [3.8, 4) is 44.5 Å². The van der Waals surface area contributed by atoms with E-state index < -0.39 is 0 Å². The molecule has 1 nitrogen and oxygen atoms in total. The van der Waals surface area contributed by atoms with Gasteiger partial charge in [0.15, 0.2) is 0 Å². The molecule has 0 fully saturated rings. The highest BCUT2D eigenvalue weighted by Gasteiger charge is 2.26. The Morgan fingerprint density at radius 3 is 1.11 bits per heavy atom. The largest absolute Gasteiger partial charge is 0.310 e. The van der Waals surface area contributed by atoms with E-state index in [4.69, 9.17) is 0 Å². The van der Waals surface area contributed by atoms with Crippen molar-refractivity contribution >= 4 is 17.1 Å². The smallest absolute Gasteiger partial charge is 0.0546 e. The molecule has 1 heteroatoms. The minimum Gasteiger partial charge on any atom is -0.310 e. The number of fused-ring (bicyclic) bond motifs is 8. The molecule has 0 saturated carbocycles. The lowest BCUT2D eigenvalue weighted by Gasteiger charge is -2.31. The number of benzene rings is 6. The van der Waals surface area contributed by atoms with E-state index in [2.05, 4.69) is 157 Å². The number of rotatable bonds is 3. The summed E-state index contributed by atoms with van der Waals surface area (Å²) in [6.07, 6.45) is 0. The van der Waals surface area contributed by atoms with Gasteiger partial charge in [0.05, 0.1) is 5.69 Å². The first-order valence-electron chi connectivity index (χ1n) is 12.7. The molecule has 0 amide bonds. The molecular weight excluding hydrogens is 446 g/mol. The molecule has 7 rings (SSSR count). The molecule has 0 unspecified atom stereocenters. The van der Waals surface area contributed by atoms with Gasteiger partial charge in [0.2, 0.25) is 0 Å². The van der Waals surface area contributed by atoms with Crippen LogP contribution in [0.4, 0.5) is 17.1 Å². The average molecular weight is 472 g/mol. The zero-order chi connectivity index (χ0) is 24.6. The van der Waals surface area contributed by atoms with Crippen molar-refractivity contribution in [2.24, 2.45) is 0 Å². The number of anilines is 3. The Kier molecular flexibility index (Phi) is 5.19. The molecule has 1 aliphatic carbocycles. The molecule has 0 aromatic heterocycles. The molecule has 0 spiro atoms. The summed E-state index contributed by atoms with van der Waals surface area (Å²) in [7, 11) is 0. The van der Waals surface area contributed by atoms with Gasteiger partial charge in [-0.25, -0.2) is 0 Å². The standard InChI is InChI=1S/C36H25N/c1-3-14-26(15-4-1)37(27-16-5-2-6-17-27)35-25-13-24-34-32-21-10-9-20-30(32)28-18-7-8-19-29(28)31-22-11-12-23-33(31)36(34)35/h1-25H. The lowest BCUT2D eigenvalue weighted by atomic mass is 9.80. The predicted molar refractivity (Wildman–Crippen MR) is 156 cm³/mol. The van der Waals surface area contributed by atoms with Gasteiger partial charge in [-0.15, -0.1) is 0 Å². The van der Waals surface area contributed by atoms with Gasteiger partial charge in [0.25, 0.3) is 0 Å². The summed E-state index contributed by atoms with van der Waals surface area (Å²) in [4.78, 5) is 2.38. The van der Waals surface area contributed by atoms with Gasteiger partial charge in [-0.05, 0) is 69.3 Å². The normalized spacial score (nSPS) is 11.2. The first-order chi connectivity index (χ1) is 18.4. The van der Waals surface area contributed by atoms with E-state index in [0.717, 1.165) is 17.1 Å². The van der Waals surface area contributed by atoms with E-state index in [9.17, 15) is 0 Å². The monoisotopic (exact) mass is 471 g/mol. The van der Waals surface area contributed by atoms with Crippen molar-refractivity contribution < 1.29 is 0 Å². The van der Waals surface area contributed by atoms with Crippen LogP contribution in [0.1, 0.15) is 0 Å². The van der Waals surface area contributed by atoms with Gasteiger partial charge in [-0.2, -0.15) is 0 Å². The van der Waals surface area contributed by atoms with Crippen molar-refractivity contribution in [3.63, 3.8) is 0 Å². The fraction of sp³-hybridized carbons (Fsp3) is 0. The van der Waals surface area contributed by atoms with Crippen LogP contribution >= 0.6 is 0 Å². The average Bonchev–Trinajstić information content (AvgIpc) is 2.98. The highest BCUT2D eigenvalue weighted by molar-refractivity contribution is 6.07. The Hall–Kier alpha value is -4.88. The summed E-state index contributed by atoms with van der Waals surface area (Å²) >= 11 is 0. The molecule has 0 heterocycles. The van der Waals surface area contributed by atoms with Crippen LogP contribution in [0.15, 0.2) is 152 Å². The van der Waals surface area contributed by atoms with E-state index in [1.165, 1.54) is 44.5 Å². The van der Waals surface area contributed by atoms with Gasteiger partial charge in [-0.3, -0.25) is 0 Å². The van der Waals surface area contributed by atoms with Gasteiger partial charge in [-0.1, -0.05) is 121 Å². The summed E-state index contributed by atoms with van der Waals surface area (Å²) in [5, 5.41) is 0. The molecule has 0 bridgehead atoms. The van der Waals surface area contributed by atoms with Gasteiger partial charge < -0.3 is 4.90 Å². The van der Waals surface area contributed by atoms with E-state index in [-0.39, 0.29) is 0 Å². The van der Waals surface area contributed by atoms with E-state index in [1.807, 2.05) is 0 Å². The van der Waals surface area contributed by atoms with Crippen LogP contribution < -0.4 is 4.90 Å². The maximum atomic E-state index is 2.38. The fourth-order valence-corrected chi connectivity index (χ4v) is 5.66. The second-order valence-electron chi connectivity index (χ2n) is 9.34. The van der Waals surface area contributed by atoms with Gasteiger partial charge >= 0.3 is 0 Å². The molecule has 0 N–H and O–H groups in total. The summed E-state index contributed by atoms with van der Waals surface area (Å²) in [6.45, 7) is 0. The minimum absolute atomic E-state index is 1.13. The Labute approximate surface area is 217 Å². The van der Waals surface area contributed by atoms with Crippen molar-refractivity contribution in [1.82, 2.24) is 0 Å². The first kappa shape index (κ1) is 21.4. The fourth-order valence-electron chi connectivity index (χ4n) is 5.66. The number of hydrogen-bond acceptors (Lipinski definition) is 1. The van der Waals surface area contributed by atoms with E-state index in [0.29, 0.717) is 0 Å². The SMILES string of the molecule is c1ccc(N(c2ccccc2)c2cccc3c2-c2ccccc2-c2ccccc2-c2ccccc2-3)cc1. The van der Waals surface area contributed by atoms with Crippen LogP contribution in [0.2, 0.25) is 0 Å². The summed E-state index contributed by atoms with van der Waals surface area (Å²) < 4.78 is 0.